The Morgan fingerprint density at radius 2 is 2.05 bits per heavy atom. The molecule has 1 N–H and O–H groups in total. The van der Waals surface area contributed by atoms with Crippen molar-refractivity contribution in [1.29, 1.82) is 5.26 Å². The highest BCUT2D eigenvalue weighted by atomic mass is 16.7. The molecule has 0 spiro atoms. The lowest BCUT2D eigenvalue weighted by Crippen LogP contribution is -2.16. The molecule has 0 unspecified atom stereocenters. The number of esters is 1. The third-order valence-electron chi connectivity index (χ3n) is 2.71. The van der Waals surface area contributed by atoms with Crippen LogP contribution < -0.4 is 0 Å². The molecule has 0 aliphatic rings. The van der Waals surface area contributed by atoms with Crippen LogP contribution in [0.3, 0.4) is 0 Å². The Kier molecular flexibility index (Phi) is 4.00. The molecule has 0 amide bonds. The van der Waals surface area contributed by atoms with Gasteiger partial charge in [-0.25, -0.2) is 9.59 Å². The van der Waals surface area contributed by atoms with Crippen molar-refractivity contribution in [2.24, 2.45) is 0 Å². The molecule has 106 valence electrons. The summed E-state index contributed by atoms with van der Waals surface area (Å²) in [5.74, 6) is -0.975. The molecule has 0 radical (unpaired) electrons. The van der Waals surface area contributed by atoms with Crippen molar-refractivity contribution in [2.45, 2.75) is 13.5 Å². The van der Waals surface area contributed by atoms with Gasteiger partial charge in [-0.1, -0.05) is 12.1 Å². The molecule has 2 rings (SSSR count). The molecule has 1 heterocycles. The molecular weight excluding hydrogens is 274 g/mol. The van der Waals surface area contributed by atoms with E-state index in [0.29, 0.717) is 11.3 Å². The van der Waals surface area contributed by atoms with E-state index in [2.05, 4.69) is 9.84 Å². The van der Waals surface area contributed by atoms with E-state index in [9.17, 15) is 9.59 Å². The molecule has 1 aromatic carbocycles. The Labute approximate surface area is 120 Å². The minimum absolute atomic E-state index is 0.0549. The Hall–Kier alpha value is -3.14. The summed E-state index contributed by atoms with van der Waals surface area (Å²) < 4.78 is 5.50. The smallest absolute Gasteiger partial charge is 0.449 e. The predicted molar refractivity (Wildman–Crippen MR) is 70.7 cm³/mol. The first kappa shape index (κ1) is 14.3. The minimum Gasteiger partial charge on any atom is -0.449 e. The molecule has 21 heavy (non-hydrogen) atoms. The van der Waals surface area contributed by atoms with Gasteiger partial charge in [-0.15, -0.1) is 0 Å². The highest BCUT2D eigenvalue weighted by molar-refractivity contribution is 5.93. The van der Waals surface area contributed by atoms with E-state index in [1.54, 1.807) is 31.2 Å². The van der Waals surface area contributed by atoms with E-state index in [1.165, 1.54) is 10.7 Å². The van der Waals surface area contributed by atoms with Gasteiger partial charge >= 0.3 is 12.1 Å². The number of benzene rings is 1. The summed E-state index contributed by atoms with van der Waals surface area (Å²) in [6.45, 7) is 1.95. The van der Waals surface area contributed by atoms with Gasteiger partial charge in [-0.05, 0) is 30.7 Å². The van der Waals surface area contributed by atoms with Crippen LogP contribution in [0.2, 0.25) is 0 Å². The maximum Gasteiger partial charge on any atom is 0.513 e. The second kappa shape index (κ2) is 5.88. The number of aromatic nitrogens is 2. The zero-order chi connectivity index (χ0) is 15.4. The number of rotatable bonds is 3. The highest BCUT2D eigenvalue weighted by Gasteiger charge is 2.18. The molecule has 7 nitrogen and oxygen atoms in total. The van der Waals surface area contributed by atoms with E-state index in [0.717, 1.165) is 5.56 Å². The minimum atomic E-state index is -1.66. The predicted octanol–water partition coefficient (Wildman–Crippen LogP) is 1.95. The van der Waals surface area contributed by atoms with Crippen LogP contribution >= 0.6 is 0 Å². The van der Waals surface area contributed by atoms with Gasteiger partial charge in [0.2, 0.25) is 0 Å². The molecule has 0 bridgehead atoms. The van der Waals surface area contributed by atoms with Gasteiger partial charge in [-0.2, -0.15) is 10.4 Å². The number of carboxylic acid groups (broad SMARTS) is 1. The molecule has 0 fully saturated rings. The van der Waals surface area contributed by atoms with Crippen LogP contribution in [-0.2, 0) is 11.3 Å². The lowest BCUT2D eigenvalue weighted by Gasteiger charge is -2.06. The van der Waals surface area contributed by atoms with Crippen LogP contribution in [0.15, 0.2) is 30.3 Å². The molecule has 0 aliphatic heterocycles. The van der Waals surface area contributed by atoms with E-state index in [4.69, 9.17) is 10.4 Å². The number of carbonyl (C=O) groups excluding carboxylic acids is 1. The lowest BCUT2D eigenvalue weighted by atomic mass is 10.1. The number of nitriles is 1. The van der Waals surface area contributed by atoms with Crippen LogP contribution in [-0.4, -0.2) is 27.0 Å². The fourth-order valence-electron chi connectivity index (χ4n) is 1.82. The topological polar surface area (TPSA) is 105 Å². The normalized spacial score (nSPS) is 9.90. The summed E-state index contributed by atoms with van der Waals surface area (Å²) in [5.41, 5.74) is 1.97. The van der Waals surface area contributed by atoms with Crippen molar-refractivity contribution in [3.63, 3.8) is 0 Å². The number of hydrogen-bond acceptors (Lipinski definition) is 5. The molecule has 7 heteroatoms. The molecule has 2 aromatic rings. The average molecular weight is 285 g/mol. The van der Waals surface area contributed by atoms with E-state index >= 15 is 0 Å². The van der Waals surface area contributed by atoms with Crippen molar-refractivity contribution >= 4 is 12.1 Å². The summed E-state index contributed by atoms with van der Waals surface area (Å²) in [5, 5.41) is 21.4. The third-order valence-corrected chi connectivity index (χ3v) is 2.71. The quantitative estimate of drug-likeness (QED) is 0.682. The van der Waals surface area contributed by atoms with Gasteiger partial charge in [0, 0.05) is 0 Å². The first-order valence-electron chi connectivity index (χ1n) is 5.98. The number of aryl methyl sites for hydroxylation is 1. The van der Waals surface area contributed by atoms with Crippen molar-refractivity contribution in [3.05, 3.63) is 52.8 Å². The van der Waals surface area contributed by atoms with Crippen LogP contribution in [0.4, 0.5) is 4.79 Å². The number of ether oxygens (including phenoxy) is 1. The second-order valence-corrected chi connectivity index (χ2v) is 4.29. The van der Waals surface area contributed by atoms with Crippen molar-refractivity contribution in [3.8, 4) is 6.07 Å². The van der Waals surface area contributed by atoms with Crippen LogP contribution in [0.1, 0.15) is 27.3 Å². The van der Waals surface area contributed by atoms with Gasteiger partial charge in [0.25, 0.3) is 0 Å². The van der Waals surface area contributed by atoms with Crippen LogP contribution in [0.5, 0.6) is 0 Å². The zero-order valence-corrected chi connectivity index (χ0v) is 11.1. The maximum absolute atomic E-state index is 11.7. The molecule has 0 saturated heterocycles. The van der Waals surface area contributed by atoms with Crippen molar-refractivity contribution < 1.29 is 19.4 Å². The van der Waals surface area contributed by atoms with Gasteiger partial charge < -0.3 is 9.84 Å². The summed E-state index contributed by atoms with van der Waals surface area (Å²) >= 11 is 0. The van der Waals surface area contributed by atoms with Gasteiger partial charge in [-0.3, -0.25) is 4.68 Å². The number of hydrogen-bond donors (Lipinski definition) is 1. The first-order valence-corrected chi connectivity index (χ1v) is 5.98. The number of nitrogens with zero attached hydrogens (tertiary/aromatic N) is 3. The highest BCUT2D eigenvalue weighted by Crippen LogP contribution is 2.11. The molecule has 0 aliphatic carbocycles. The third kappa shape index (κ3) is 3.45. The summed E-state index contributed by atoms with van der Waals surface area (Å²) in [6.07, 6.45) is -1.66. The number of carbonyl (C=O) groups is 2. The van der Waals surface area contributed by atoms with Gasteiger partial charge in [0.05, 0.1) is 23.9 Å². The Morgan fingerprint density at radius 3 is 2.62 bits per heavy atom. The summed E-state index contributed by atoms with van der Waals surface area (Å²) in [7, 11) is 0. The fraction of sp³-hybridized carbons (Fsp3) is 0.143. The van der Waals surface area contributed by atoms with Gasteiger partial charge in [0.15, 0.2) is 0 Å². The van der Waals surface area contributed by atoms with Crippen LogP contribution in [0.25, 0.3) is 0 Å². The fourth-order valence-corrected chi connectivity index (χ4v) is 1.82. The second-order valence-electron chi connectivity index (χ2n) is 4.29. The Balaban J connectivity index is 2.25. The van der Waals surface area contributed by atoms with Gasteiger partial charge in [0.1, 0.15) is 5.69 Å². The largest absolute Gasteiger partial charge is 0.513 e. The standard InChI is InChI=1S/C14H11N3O4/c1-9-6-12(13(18)21-14(19)20)17(16-9)8-11-4-2-10(7-15)3-5-11/h2-6H,8H2,1H3,(H,19,20). The molecule has 0 saturated carbocycles. The van der Waals surface area contributed by atoms with Crippen LogP contribution in [0, 0.1) is 18.3 Å². The van der Waals surface area contributed by atoms with E-state index < -0.39 is 12.1 Å². The average Bonchev–Trinajstić information content (AvgIpc) is 2.80. The SMILES string of the molecule is Cc1cc(C(=O)OC(=O)O)n(Cc2ccc(C#N)cc2)n1. The lowest BCUT2D eigenvalue weighted by molar-refractivity contribution is 0.0497. The maximum atomic E-state index is 11.7. The molecular formula is C14H11N3O4. The monoisotopic (exact) mass is 285 g/mol. The Morgan fingerprint density at radius 1 is 1.38 bits per heavy atom. The Bertz CT molecular complexity index is 726. The van der Waals surface area contributed by atoms with E-state index in [1.807, 2.05) is 6.07 Å². The molecule has 1 aromatic heterocycles. The molecule has 0 atom stereocenters. The summed E-state index contributed by atoms with van der Waals surface area (Å²) in [4.78, 5) is 22.1. The first-order chi connectivity index (χ1) is 9.99. The van der Waals surface area contributed by atoms with E-state index in [-0.39, 0.29) is 12.2 Å². The summed E-state index contributed by atoms with van der Waals surface area (Å²) in [6, 6.07) is 10.2. The van der Waals surface area contributed by atoms with Crippen molar-refractivity contribution in [1.82, 2.24) is 9.78 Å². The van der Waals surface area contributed by atoms with Crippen molar-refractivity contribution in [2.75, 3.05) is 0 Å². The zero-order valence-electron chi connectivity index (χ0n) is 11.1.